The van der Waals surface area contributed by atoms with Crippen LogP contribution in [0.25, 0.3) is 21.6 Å². The second-order valence-electron chi connectivity index (χ2n) is 4.17. The lowest BCUT2D eigenvalue weighted by Gasteiger charge is -2.08. The van der Waals surface area contributed by atoms with Crippen LogP contribution in [0.4, 0.5) is 0 Å². The zero-order chi connectivity index (χ0) is 14.1. The highest BCUT2D eigenvalue weighted by Crippen LogP contribution is 2.30. The number of rotatable bonds is 3. The molecule has 0 bridgehead atoms. The maximum atomic E-state index is 11.9. The number of phenols is 1. The number of hydrogen-bond acceptors (Lipinski definition) is 5. The van der Waals surface area contributed by atoms with Crippen molar-refractivity contribution in [2.75, 3.05) is 6.61 Å². The van der Waals surface area contributed by atoms with Crippen LogP contribution < -0.4 is 10.3 Å². The maximum absolute atomic E-state index is 11.9. The van der Waals surface area contributed by atoms with E-state index in [2.05, 4.69) is 9.97 Å². The molecule has 20 heavy (non-hydrogen) atoms. The number of aromatic amines is 1. The molecule has 0 atom stereocenters. The summed E-state index contributed by atoms with van der Waals surface area (Å²) in [5, 5.41) is 11.5. The number of phenolic OH excluding ortho intramolecular Hbond substituents is 1. The molecule has 102 valence electrons. The fourth-order valence-corrected chi connectivity index (χ4v) is 2.67. The summed E-state index contributed by atoms with van der Waals surface area (Å²) in [4.78, 5) is 19.1. The van der Waals surface area contributed by atoms with Crippen molar-refractivity contribution >= 4 is 21.6 Å². The number of nitrogens with one attached hydrogen (secondary N) is 1. The van der Waals surface area contributed by atoms with Crippen molar-refractivity contribution in [1.29, 1.82) is 0 Å². The van der Waals surface area contributed by atoms with Gasteiger partial charge in [-0.3, -0.25) is 4.79 Å². The van der Waals surface area contributed by atoms with E-state index in [9.17, 15) is 9.90 Å². The number of ether oxygens (including phenoxy) is 1. The molecule has 5 nitrogen and oxygen atoms in total. The molecule has 0 saturated carbocycles. The van der Waals surface area contributed by atoms with E-state index in [0.29, 0.717) is 34.0 Å². The number of benzene rings is 1. The first-order valence-electron chi connectivity index (χ1n) is 6.12. The monoisotopic (exact) mass is 288 g/mol. The number of hydrogen-bond donors (Lipinski definition) is 2. The molecule has 0 aliphatic carbocycles. The maximum Gasteiger partial charge on any atom is 0.269 e. The normalized spacial score (nSPS) is 10.8. The number of thiophene rings is 1. The second kappa shape index (κ2) is 4.97. The van der Waals surface area contributed by atoms with Crippen LogP contribution in [0.5, 0.6) is 11.5 Å². The summed E-state index contributed by atoms with van der Waals surface area (Å²) >= 11 is 1.36. The van der Waals surface area contributed by atoms with Crippen LogP contribution in [0.15, 0.2) is 34.4 Å². The van der Waals surface area contributed by atoms with Gasteiger partial charge >= 0.3 is 0 Å². The standard InChI is InChI=1S/C14H12N2O3S/c1-2-19-11-7-8(3-4-10(11)17)13-15-9-5-6-20-12(9)14(18)16-13/h3-7,17H,2H2,1H3,(H,15,16,18). The lowest BCUT2D eigenvalue weighted by molar-refractivity contribution is 0.318. The first-order valence-corrected chi connectivity index (χ1v) is 7.00. The Morgan fingerprint density at radius 1 is 1.40 bits per heavy atom. The average Bonchev–Trinajstić information content (AvgIpc) is 2.90. The van der Waals surface area contributed by atoms with Crippen LogP contribution in [0.2, 0.25) is 0 Å². The van der Waals surface area contributed by atoms with E-state index >= 15 is 0 Å². The molecule has 1 aromatic carbocycles. The van der Waals surface area contributed by atoms with Gasteiger partial charge in [0.2, 0.25) is 0 Å². The van der Waals surface area contributed by atoms with Gasteiger partial charge in [-0.2, -0.15) is 0 Å². The predicted molar refractivity (Wildman–Crippen MR) is 78.5 cm³/mol. The first kappa shape index (κ1) is 12.7. The van der Waals surface area contributed by atoms with Crippen LogP contribution in [-0.4, -0.2) is 21.7 Å². The smallest absolute Gasteiger partial charge is 0.269 e. The van der Waals surface area contributed by atoms with Crippen molar-refractivity contribution in [3.8, 4) is 22.9 Å². The summed E-state index contributed by atoms with van der Waals surface area (Å²) < 4.78 is 5.94. The van der Waals surface area contributed by atoms with E-state index in [4.69, 9.17) is 4.74 Å². The zero-order valence-electron chi connectivity index (χ0n) is 10.7. The third-order valence-corrected chi connectivity index (χ3v) is 3.75. The Kier molecular flexibility index (Phi) is 3.15. The summed E-state index contributed by atoms with van der Waals surface area (Å²) in [6.45, 7) is 2.29. The molecule has 0 amide bonds. The minimum Gasteiger partial charge on any atom is -0.504 e. The molecule has 0 saturated heterocycles. The SMILES string of the molecule is CCOc1cc(-c2nc3ccsc3c(=O)[nH]2)ccc1O. The Morgan fingerprint density at radius 2 is 2.25 bits per heavy atom. The van der Waals surface area contributed by atoms with Crippen molar-refractivity contribution in [2.45, 2.75) is 6.92 Å². The Balaban J connectivity index is 2.15. The van der Waals surface area contributed by atoms with E-state index in [1.54, 1.807) is 12.1 Å². The summed E-state index contributed by atoms with van der Waals surface area (Å²) in [5.41, 5.74) is 1.20. The molecule has 3 rings (SSSR count). The lowest BCUT2D eigenvalue weighted by atomic mass is 10.2. The molecule has 2 heterocycles. The molecule has 0 unspecified atom stereocenters. The van der Waals surface area contributed by atoms with Gasteiger partial charge < -0.3 is 14.8 Å². The van der Waals surface area contributed by atoms with Crippen LogP contribution in [0.1, 0.15) is 6.92 Å². The highest BCUT2D eigenvalue weighted by molar-refractivity contribution is 7.17. The molecule has 0 spiro atoms. The van der Waals surface area contributed by atoms with E-state index in [-0.39, 0.29) is 11.3 Å². The van der Waals surface area contributed by atoms with Crippen molar-refractivity contribution in [3.05, 3.63) is 40.0 Å². The van der Waals surface area contributed by atoms with Crippen LogP contribution in [0.3, 0.4) is 0 Å². The number of H-pyrrole nitrogens is 1. The Hall–Kier alpha value is -2.34. The van der Waals surface area contributed by atoms with Crippen molar-refractivity contribution < 1.29 is 9.84 Å². The van der Waals surface area contributed by atoms with Gasteiger partial charge in [0.05, 0.1) is 12.1 Å². The van der Waals surface area contributed by atoms with Gasteiger partial charge in [-0.15, -0.1) is 11.3 Å². The highest BCUT2D eigenvalue weighted by Gasteiger charge is 2.10. The summed E-state index contributed by atoms with van der Waals surface area (Å²) in [6, 6.07) is 6.68. The Labute approximate surface area is 118 Å². The summed E-state index contributed by atoms with van der Waals surface area (Å²) in [6.07, 6.45) is 0. The molecule has 0 fully saturated rings. The van der Waals surface area contributed by atoms with Gasteiger partial charge in [-0.05, 0) is 36.6 Å². The zero-order valence-corrected chi connectivity index (χ0v) is 11.5. The molecule has 0 radical (unpaired) electrons. The third kappa shape index (κ3) is 2.14. The van der Waals surface area contributed by atoms with Crippen LogP contribution in [0, 0.1) is 0 Å². The summed E-state index contributed by atoms with van der Waals surface area (Å²) in [5.74, 6) is 0.898. The van der Waals surface area contributed by atoms with E-state index in [1.807, 2.05) is 18.4 Å². The summed E-state index contributed by atoms with van der Waals surface area (Å²) in [7, 11) is 0. The molecule has 2 N–H and O–H groups in total. The number of nitrogens with zero attached hydrogens (tertiary/aromatic N) is 1. The molecule has 0 aliphatic heterocycles. The van der Waals surface area contributed by atoms with Crippen LogP contribution in [-0.2, 0) is 0 Å². The number of fused-ring (bicyclic) bond motifs is 1. The minimum absolute atomic E-state index is 0.0644. The number of aromatic nitrogens is 2. The van der Waals surface area contributed by atoms with E-state index in [1.165, 1.54) is 17.4 Å². The minimum atomic E-state index is -0.161. The van der Waals surface area contributed by atoms with Gasteiger partial charge in [-0.25, -0.2) is 4.98 Å². The van der Waals surface area contributed by atoms with E-state index < -0.39 is 0 Å². The Morgan fingerprint density at radius 3 is 3.05 bits per heavy atom. The average molecular weight is 288 g/mol. The van der Waals surface area contributed by atoms with Gasteiger partial charge in [0.15, 0.2) is 11.5 Å². The fourth-order valence-electron chi connectivity index (χ4n) is 1.94. The first-order chi connectivity index (χ1) is 9.69. The molecular formula is C14H12N2O3S. The molecule has 0 aliphatic rings. The Bertz CT molecular complexity index is 823. The van der Waals surface area contributed by atoms with Gasteiger partial charge in [0.1, 0.15) is 10.5 Å². The van der Waals surface area contributed by atoms with Gasteiger partial charge in [-0.1, -0.05) is 0 Å². The quantitative estimate of drug-likeness (QED) is 0.777. The van der Waals surface area contributed by atoms with E-state index in [0.717, 1.165) is 0 Å². The third-order valence-electron chi connectivity index (χ3n) is 2.85. The lowest BCUT2D eigenvalue weighted by Crippen LogP contribution is -2.07. The molecule has 2 aromatic heterocycles. The fraction of sp³-hybridized carbons (Fsp3) is 0.143. The van der Waals surface area contributed by atoms with Crippen molar-refractivity contribution in [3.63, 3.8) is 0 Å². The van der Waals surface area contributed by atoms with Crippen LogP contribution >= 0.6 is 11.3 Å². The van der Waals surface area contributed by atoms with Crippen molar-refractivity contribution in [1.82, 2.24) is 9.97 Å². The molecule has 3 aromatic rings. The second-order valence-corrected chi connectivity index (χ2v) is 5.08. The van der Waals surface area contributed by atoms with Gasteiger partial charge in [0.25, 0.3) is 5.56 Å². The van der Waals surface area contributed by atoms with Gasteiger partial charge in [0, 0.05) is 5.56 Å². The predicted octanol–water partition coefficient (Wildman–Crippen LogP) is 2.76. The largest absolute Gasteiger partial charge is 0.504 e. The molecule has 6 heteroatoms. The highest BCUT2D eigenvalue weighted by atomic mass is 32.1. The topological polar surface area (TPSA) is 75.2 Å². The number of aromatic hydroxyl groups is 1. The van der Waals surface area contributed by atoms with Crippen molar-refractivity contribution in [2.24, 2.45) is 0 Å². The molecular weight excluding hydrogens is 276 g/mol.